The summed E-state index contributed by atoms with van der Waals surface area (Å²) >= 11 is 0. The number of fused-ring (bicyclic) bond motifs is 1. The molecule has 8 nitrogen and oxygen atoms in total. The molecule has 3 rings (SSSR count). The first kappa shape index (κ1) is 18.9. The lowest BCUT2D eigenvalue weighted by atomic mass is 10.1. The second kappa shape index (κ2) is 8.22. The fraction of sp³-hybridized carbons (Fsp3) is 0.421. The van der Waals surface area contributed by atoms with Crippen molar-refractivity contribution in [1.82, 2.24) is 29.5 Å². The van der Waals surface area contributed by atoms with Crippen LogP contribution in [0.4, 0.5) is 0 Å². The molecule has 142 valence electrons. The van der Waals surface area contributed by atoms with Gasteiger partial charge in [-0.3, -0.25) is 9.78 Å². The summed E-state index contributed by atoms with van der Waals surface area (Å²) in [7, 11) is 3.42. The van der Waals surface area contributed by atoms with Crippen molar-refractivity contribution in [2.24, 2.45) is 0 Å². The Bertz CT molecular complexity index is 925. The Morgan fingerprint density at radius 1 is 1.30 bits per heavy atom. The molecule has 0 aliphatic carbocycles. The second-order valence-corrected chi connectivity index (χ2v) is 6.46. The molecular formula is C19H24N6O2. The Labute approximate surface area is 158 Å². The SMILES string of the molecule is COC[C@H](c1ccccn1)N(C)C(=O)CCc1c(C)nc2ncnn2c1C. The van der Waals surface area contributed by atoms with E-state index in [-0.39, 0.29) is 11.9 Å². The van der Waals surface area contributed by atoms with Crippen LogP contribution in [0.2, 0.25) is 0 Å². The zero-order valence-electron chi connectivity index (χ0n) is 16.1. The van der Waals surface area contributed by atoms with Gasteiger partial charge in [-0.25, -0.2) is 9.50 Å². The quantitative estimate of drug-likeness (QED) is 0.633. The summed E-state index contributed by atoms with van der Waals surface area (Å²) in [6.45, 7) is 4.30. The number of rotatable bonds is 7. The fourth-order valence-electron chi connectivity index (χ4n) is 3.23. The normalized spacial score (nSPS) is 12.3. The van der Waals surface area contributed by atoms with Gasteiger partial charge in [0.05, 0.1) is 18.3 Å². The van der Waals surface area contributed by atoms with Crippen molar-refractivity contribution < 1.29 is 9.53 Å². The topological polar surface area (TPSA) is 85.5 Å². The molecule has 27 heavy (non-hydrogen) atoms. The molecule has 0 aromatic carbocycles. The van der Waals surface area contributed by atoms with Gasteiger partial charge in [0.1, 0.15) is 6.33 Å². The molecule has 3 aromatic heterocycles. The molecule has 0 unspecified atom stereocenters. The largest absolute Gasteiger partial charge is 0.382 e. The first-order chi connectivity index (χ1) is 13.0. The van der Waals surface area contributed by atoms with Gasteiger partial charge in [0.25, 0.3) is 5.78 Å². The van der Waals surface area contributed by atoms with Crippen LogP contribution in [0, 0.1) is 13.8 Å². The van der Waals surface area contributed by atoms with E-state index in [0.29, 0.717) is 25.2 Å². The number of pyridine rings is 1. The Kier molecular flexibility index (Phi) is 5.75. The highest BCUT2D eigenvalue weighted by atomic mass is 16.5. The third-order valence-corrected chi connectivity index (χ3v) is 4.79. The van der Waals surface area contributed by atoms with E-state index in [9.17, 15) is 4.79 Å². The van der Waals surface area contributed by atoms with Gasteiger partial charge < -0.3 is 9.64 Å². The smallest absolute Gasteiger partial charge is 0.252 e. The number of nitrogens with zero attached hydrogens (tertiary/aromatic N) is 6. The van der Waals surface area contributed by atoms with Gasteiger partial charge in [0, 0.05) is 38.2 Å². The molecule has 1 atom stereocenters. The van der Waals surface area contributed by atoms with Gasteiger partial charge in [-0.1, -0.05) is 6.07 Å². The fourth-order valence-corrected chi connectivity index (χ4v) is 3.23. The molecule has 0 aliphatic rings. The summed E-state index contributed by atoms with van der Waals surface area (Å²) in [5.74, 6) is 0.604. The maximum absolute atomic E-state index is 12.8. The molecular weight excluding hydrogens is 344 g/mol. The molecule has 1 amide bonds. The number of likely N-dealkylation sites (N-methyl/N-ethyl adjacent to an activating group) is 1. The van der Waals surface area contributed by atoms with Crippen LogP contribution >= 0.6 is 0 Å². The molecule has 3 aromatic rings. The Hall–Kier alpha value is -2.87. The van der Waals surface area contributed by atoms with Gasteiger partial charge in [-0.15, -0.1) is 0 Å². The van der Waals surface area contributed by atoms with Crippen molar-refractivity contribution in [2.75, 3.05) is 20.8 Å². The molecule has 0 N–H and O–H groups in total. The van der Waals surface area contributed by atoms with E-state index < -0.39 is 0 Å². The van der Waals surface area contributed by atoms with E-state index in [1.807, 2.05) is 32.0 Å². The third kappa shape index (κ3) is 3.95. The standard InChI is InChI=1S/C19H24N6O2/c1-13-15(14(2)25-19(23-13)21-12-22-25)8-9-18(26)24(3)17(11-27-4)16-7-5-6-10-20-16/h5-7,10,12,17H,8-9,11H2,1-4H3/t17-/m1/s1. The average Bonchev–Trinajstić information content (AvgIpc) is 3.14. The number of aryl methyl sites for hydroxylation is 2. The summed E-state index contributed by atoms with van der Waals surface area (Å²) in [6.07, 6.45) is 4.17. The summed E-state index contributed by atoms with van der Waals surface area (Å²) in [5.41, 5.74) is 3.68. The van der Waals surface area contributed by atoms with Crippen molar-refractivity contribution in [1.29, 1.82) is 0 Å². The van der Waals surface area contributed by atoms with Crippen LogP contribution in [0.25, 0.3) is 5.78 Å². The average molecular weight is 368 g/mol. The van der Waals surface area contributed by atoms with Gasteiger partial charge in [0.15, 0.2) is 0 Å². The number of hydrogen-bond donors (Lipinski definition) is 0. The number of carbonyl (C=O) groups excluding carboxylic acids is 1. The van der Waals surface area contributed by atoms with Crippen LogP contribution in [0.1, 0.15) is 35.1 Å². The van der Waals surface area contributed by atoms with Gasteiger partial charge >= 0.3 is 0 Å². The first-order valence-electron chi connectivity index (χ1n) is 8.84. The molecule has 0 spiro atoms. The Morgan fingerprint density at radius 3 is 2.81 bits per heavy atom. The summed E-state index contributed by atoms with van der Waals surface area (Å²) < 4.78 is 7.01. The van der Waals surface area contributed by atoms with E-state index >= 15 is 0 Å². The molecule has 0 bridgehead atoms. The van der Waals surface area contributed by atoms with Crippen LogP contribution in [0.15, 0.2) is 30.7 Å². The maximum Gasteiger partial charge on any atom is 0.252 e. The number of aromatic nitrogens is 5. The third-order valence-electron chi connectivity index (χ3n) is 4.79. The number of amides is 1. The maximum atomic E-state index is 12.8. The van der Waals surface area contributed by atoms with Gasteiger partial charge in [-0.2, -0.15) is 10.1 Å². The minimum Gasteiger partial charge on any atom is -0.382 e. The van der Waals surface area contributed by atoms with Gasteiger partial charge in [0.2, 0.25) is 5.91 Å². The number of ether oxygens (including phenoxy) is 1. The first-order valence-corrected chi connectivity index (χ1v) is 8.84. The van der Waals surface area contributed by atoms with E-state index in [2.05, 4.69) is 20.1 Å². The Balaban J connectivity index is 1.75. The van der Waals surface area contributed by atoms with Crippen LogP contribution in [-0.4, -0.2) is 56.1 Å². The predicted octanol–water partition coefficient (Wildman–Crippen LogP) is 1.91. The lowest BCUT2D eigenvalue weighted by molar-refractivity contribution is -0.133. The number of hydrogen-bond acceptors (Lipinski definition) is 6. The van der Waals surface area contributed by atoms with Crippen LogP contribution < -0.4 is 0 Å². The lowest BCUT2D eigenvalue weighted by Gasteiger charge is -2.27. The second-order valence-electron chi connectivity index (χ2n) is 6.46. The summed E-state index contributed by atoms with van der Waals surface area (Å²) in [4.78, 5) is 27.5. The zero-order valence-corrected chi connectivity index (χ0v) is 16.1. The molecule has 0 fully saturated rings. The molecule has 0 saturated carbocycles. The van der Waals surface area contributed by atoms with Crippen molar-refractivity contribution in [3.8, 4) is 0 Å². The van der Waals surface area contributed by atoms with Crippen LogP contribution in [0.3, 0.4) is 0 Å². The van der Waals surface area contributed by atoms with Crippen LogP contribution in [-0.2, 0) is 16.0 Å². The van der Waals surface area contributed by atoms with Crippen molar-refractivity contribution >= 4 is 11.7 Å². The summed E-state index contributed by atoms with van der Waals surface area (Å²) in [5, 5.41) is 4.20. The highest BCUT2D eigenvalue weighted by Crippen LogP contribution is 2.20. The predicted molar refractivity (Wildman–Crippen MR) is 100 cm³/mol. The highest BCUT2D eigenvalue weighted by Gasteiger charge is 2.23. The molecule has 0 aliphatic heterocycles. The summed E-state index contributed by atoms with van der Waals surface area (Å²) in [6, 6.07) is 5.45. The Morgan fingerprint density at radius 2 is 2.11 bits per heavy atom. The molecule has 3 heterocycles. The van der Waals surface area contributed by atoms with E-state index in [1.165, 1.54) is 6.33 Å². The molecule has 0 saturated heterocycles. The van der Waals surface area contributed by atoms with Crippen molar-refractivity contribution in [3.63, 3.8) is 0 Å². The lowest BCUT2D eigenvalue weighted by Crippen LogP contribution is -2.34. The number of carbonyl (C=O) groups is 1. The molecule has 8 heteroatoms. The zero-order chi connectivity index (χ0) is 19.4. The van der Waals surface area contributed by atoms with Crippen molar-refractivity contribution in [3.05, 3.63) is 53.4 Å². The van der Waals surface area contributed by atoms with E-state index in [4.69, 9.17) is 4.74 Å². The minimum atomic E-state index is -0.221. The minimum absolute atomic E-state index is 0.0280. The highest BCUT2D eigenvalue weighted by molar-refractivity contribution is 5.76. The van der Waals surface area contributed by atoms with E-state index in [1.54, 1.807) is 29.8 Å². The van der Waals surface area contributed by atoms with Crippen molar-refractivity contribution in [2.45, 2.75) is 32.7 Å². The molecule has 0 radical (unpaired) electrons. The van der Waals surface area contributed by atoms with Gasteiger partial charge in [-0.05, 0) is 38.0 Å². The monoisotopic (exact) mass is 368 g/mol. The van der Waals surface area contributed by atoms with E-state index in [0.717, 1.165) is 22.6 Å². The number of methoxy groups -OCH3 is 1. The van der Waals surface area contributed by atoms with Crippen LogP contribution in [0.5, 0.6) is 0 Å².